The highest BCUT2D eigenvalue weighted by atomic mass is 79.9. The van der Waals surface area contributed by atoms with E-state index in [-0.39, 0.29) is 0 Å². The topological polar surface area (TPSA) is 29.9 Å². The van der Waals surface area contributed by atoms with Crippen molar-refractivity contribution in [2.24, 2.45) is 7.05 Å². The summed E-state index contributed by atoms with van der Waals surface area (Å²) in [7, 11) is 1.97. The van der Waals surface area contributed by atoms with Crippen molar-refractivity contribution in [3.05, 3.63) is 58.3 Å². The maximum Gasteiger partial charge on any atom is 0.0739 e. The van der Waals surface area contributed by atoms with Gasteiger partial charge in [-0.2, -0.15) is 5.10 Å². The fourth-order valence-corrected chi connectivity index (χ4v) is 2.91. The largest absolute Gasteiger partial charge is 0.379 e. The maximum atomic E-state index is 4.42. The first-order valence-corrected chi connectivity index (χ1v) is 7.35. The molecule has 0 aliphatic rings. The molecule has 1 N–H and O–H groups in total. The van der Waals surface area contributed by atoms with Crippen LogP contribution in [0.1, 0.15) is 11.4 Å². The molecule has 0 bridgehead atoms. The average molecular weight is 330 g/mol. The third kappa shape index (κ3) is 2.31. The summed E-state index contributed by atoms with van der Waals surface area (Å²) in [5.41, 5.74) is 3.31. The highest BCUT2D eigenvalue weighted by Gasteiger charge is 2.10. The number of aromatic nitrogens is 2. The Hall–Kier alpha value is -1.81. The molecule has 102 valence electrons. The van der Waals surface area contributed by atoms with E-state index in [0.717, 1.165) is 28.1 Å². The molecule has 0 aliphatic carbocycles. The molecule has 2 aromatic carbocycles. The zero-order valence-corrected chi connectivity index (χ0v) is 13.1. The molecule has 3 nitrogen and oxygen atoms in total. The molecule has 0 aliphatic heterocycles. The Morgan fingerprint density at radius 1 is 1.15 bits per heavy atom. The number of aryl methyl sites for hydroxylation is 2. The summed E-state index contributed by atoms with van der Waals surface area (Å²) < 4.78 is 2.99. The maximum absolute atomic E-state index is 4.42. The minimum Gasteiger partial charge on any atom is -0.379 e. The Kier molecular flexibility index (Phi) is 3.49. The lowest BCUT2D eigenvalue weighted by Crippen LogP contribution is -2.06. The smallest absolute Gasteiger partial charge is 0.0739 e. The Morgan fingerprint density at radius 2 is 1.90 bits per heavy atom. The molecule has 1 aromatic heterocycles. The van der Waals surface area contributed by atoms with Crippen molar-refractivity contribution in [3.63, 3.8) is 0 Å². The molecule has 3 aromatic rings. The van der Waals surface area contributed by atoms with E-state index in [9.17, 15) is 0 Å². The van der Waals surface area contributed by atoms with Gasteiger partial charge < -0.3 is 5.32 Å². The SMILES string of the molecule is Cc1nn(C)c(CNc2cccc3ccccc23)c1Br. The first kappa shape index (κ1) is 13.2. The predicted octanol–water partition coefficient (Wildman–Crippen LogP) is 4.26. The van der Waals surface area contributed by atoms with E-state index in [1.54, 1.807) is 0 Å². The molecule has 0 amide bonds. The van der Waals surface area contributed by atoms with Crippen LogP contribution in [0.25, 0.3) is 10.8 Å². The number of fused-ring (bicyclic) bond motifs is 1. The number of nitrogens with one attached hydrogen (secondary N) is 1. The number of hydrogen-bond acceptors (Lipinski definition) is 2. The van der Waals surface area contributed by atoms with Gasteiger partial charge in [-0.25, -0.2) is 0 Å². The second-order valence-corrected chi connectivity index (χ2v) is 5.64. The molecule has 0 unspecified atom stereocenters. The van der Waals surface area contributed by atoms with E-state index in [2.05, 4.69) is 68.8 Å². The van der Waals surface area contributed by atoms with Crippen molar-refractivity contribution in [1.82, 2.24) is 9.78 Å². The van der Waals surface area contributed by atoms with E-state index >= 15 is 0 Å². The van der Waals surface area contributed by atoms with Gasteiger partial charge >= 0.3 is 0 Å². The van der Waals surface area contributed by atoms with Gasteiger partial charge in [0.2, 0.25) is 0 Å². The summed E-state index contributed by atoms with van der Waals surface area (Å²) in [6.07, 6.45) is 0. The van der Waals surface area contributed by atoms with Crippen molar-refractivity contribution >= 4 is 32.4 Å². The quantitative estimate of drug-likeness (QED) is 0.778. The summed E-state index contributed by atoms with van der Waals surface area (Å²) in [5, 5.41) is 10.4. The van der Waals surface area contributed by atoms with Crippen LogP contribution in [0.15, 0.2) is 46.9 Å². The summed E-state index contributed by atoms with van der Waals surface area (Å²) in [6, 6.07) is 14.7. The van der Waals surface area contributed by atoms with Gasteiger partial charge in [0, 0.05) is 18.1 Å². The Morgan fingerprint density at radius 3 is 2.65 bits per heavy atom. The molecule has 0 saturated carbocycles. The molecular weight excluding hydrogens is 314 g/mol. The standard InChI is InChI=1S/C16H16BrN3/c1-11-16(17)15(20(2)19-11)10-18-14-9-5-7-12-6-3-4-8-13(12)14/h3-9,18H,10H2,1-2H3. The first-order chi connectivity index (χ1) is 9.66. The van der Waals surface area contributed by atoms with Crippen molar-refractivity contribution in [3.8, 4) is 0 Å². The van der Waals surface area contributed by atoms with Crippen molar-refractivity contribution in [2.75, 3.05) is 5.32 Å². The number of rotatable bonds is 3. The van der Waals surface area contributed by atoms with Crippen LogP contribution >= 0.6 is 15.9 Å². The average Bonchev–Trinajstić information content (AvgIpc) is 2.70. The number of hydrogen-bond donors (Lipinski definition) is 1. The summed E-state index contributed by atoms with van der Waals surface area (Å²) in [6.45, 7) is 2.75. The van der Waals surface area contributed by atoms with Crippen LogP contribution in [0.5, 0.6) is 0 Å². The van der Waals surface area contributed by atoms with Gasteiger partial charge in [-0.05, 0) is 34.3 Å². The lowest BCUT2D eigenvalue weighted by molar-refractivity contribution is 0.713. The van der Waals surface area contributed by atoms with Gasteiger partial charge in [-0.15, -0.1) is 0 Å². The molecule has 0 radical (unpaired) electrons. The minimum atomic E-state index is 0.742. The van der Waals surface area contributed by atoms with Crippen LogP contribution < -0.4 is 5.32 Å². The normalized spacial score (nSPS) is 10.9. The summed E-state index contributed by atoms with van der Waals surface area (Å²) in [5.74, 6) is 0. The molecule has 3 rings (SSSR count). The summed E-state index contributed by atoms with van der Waals surface area (Å²) >= 11 is 3.60. The van der Waals surface area contributed by atoms with Gasteiger partial charge in [-0.1, -0.05) is 36.4 Å². The summed E-state index contributed by atoms with van der Waals surface area (Å²) in [4.78, 5) is 0. The van der Waals surface area contributed by atoms with Crippen LogP contribution in [0.4, 0.5) is 5.69 Å². The molecule has 0 spiro atoms. The fraction of sp³-hybridized carbons (Fsp3) is 0.188. The van der Waals surface area contributed by atoms with Crippen LogP contribution in [0.2, 0.25) is 0 Å². The second kappa shape index (κ2) is 5.29. The third-order valence-corrected chi connectivity index (χ3v) is 4.53. The molecular formula is C16H16BrN3. The number of nitrogens with zero attached hydrogens (tertiary/aromatic N) is 2. The van der Waals surface area contributed by atoms with E-state index in [1.165, 1.54) is 10.8 Å². The Bertz CT molecular complexity index is 756. The van der Waals surface area contributed by atoms with Gasteiger partial charge in [0.15, 0.2) is 0 Å². The van der Waals surface area contributed by atoms with E-state index in [4.69, 9.17) is 0 Å². The van der Waals surface area contributed by atoms with Crippen LogP contribution in [0.3, 0.4) is 0 Å². The number of benzene rings is 2. The van der Waals surface area contributed by atoms with Gasteiger partial charge in [0.25, 0.3) is 0 Å². The van der Waals surface area contributed by atoms with E-state index in [0.29, 0.717) is 0 Å². The van der Waals surface area contributed by atoms with Crippen LogP contribution in [-0.4, -0.2) is 9.78 Å². The van der Waals surface area contributed by atoms with E-state index < -0.39 is 0 Å². The lowest BCUT2D eigenvalue weighted by atomic mass is 10.1. The second-order valence-electron chi connectivity index (χ2n) is 4.85. The molecule has 0 saturated heterocycles. The molecule has 4 heteroatoms. The van der Waals surface area contributed by atoms with Crippen LogP contribution in [0, 0.1) is 6.92 Å². The van der Waals surface area contributed by atoms with E-state index in [1.807, 2.05) is 18.7 Å². The van der Waals surface area contributed by atoms with Gasteiger partial charge in [-0.3, -0.25) is 4.68 Å². The first-order valence-electron chi connectivity index (χ1n) is 6.56. The highest BCUT2D eigenvalue weighted by Crippen LogP contribution is 2.25. The Labute approximate surface area is 126 Å². The number of anilines is 1. The monoisotopic (exact) mass is 329 g/mol. The van der Waals surface area contributed by atoms with Gasteiger partial charge in [0.05, 0.1) is 22.4 Å². The van der Waals surface area contributed by atoms with Crippen molar-refractivity contribution in [1.29, 1.82) is 0 Å². The minimum absolute atomic E-state index is 0.742. The zero-order chi connectivity index (χ0) is 14.1. The van der Waals surface area contributed by atoms with Gasteiger partial charge in [0.1, 0.15) is 0 Å². The molecule has 0 atom stereocenters. The lowest BCUT2D eigenvalue weighted by Gasteiger charge is -2.10. The molecule has 20 heavy (non-hydrogen) atoms. The Balaban J connectivity index is 1.91. The van der Waals surface area contributed by atoms with Crippen LogP contribution in [-0.2, 0) is 13.6 Å². The predicted molar refractivity (Wildman–Crippen MR) is 86.9 cm³/mol. The fourth-order valence-electron chi connectivity index (χ4n) is 2.43. The van der Waals surface area contributed by atoms with Crippen molar-refractivity contribution < 1.29 is 0 Å². The molecule has 0 fully saturated rings. The van der Waals surface area contributed by atoms with Crippen molar-refractivity contribution in [2.45, 2.75) is 13.5 Å². The third-order valence-electron chi connectivity index (χ3n) is 3.50. The number of halogens is 1. The molecule has 1 heterocycles. The zero-order valence-electron chi connectivity index (χ0n) is 11.5. The highest BCUT2D eigenvalue weighted by molar-refractivity contribution is 9.10.